The van der Waals surface area contributed by atoms with Gasteiger partial charge in [0.2, 0.25) is 0 Å². The molecule has 1 N–H and O–H groups in total. The number of H-pyrrole nitrogens is 1. The van der Waals surface area contributed by atoms with Crippen LogP contribution in [0.15, 0.2) is 42.6 Å². The third-order valence-electron chi connectivity index (χ3n) is 4.88. The molecule has 0 radical (unpaired) electrons. The fourth-order valence-corrected chi connectivity index (χ4v) is 3.86. The first-order valence-electron chi connectivity index (χ1n) is 8.67. The fourth-order valence-electron chi connectivity index (χ4n) is 3.64. The number of hydrogen-bond donors (Lipinski definition) is 1. The number of aromatic amines is 1. The van der Waals surface area contributed by atoms with E-state index in [-0.39, 0.29) is 6.10 Å². The number of pyridine rings is 1. The zero-order chi connectivity index (χ0) is 17.6. The lowest BCUT2D eigenvalue weighted by atomic mass is 9.90. The molecule has 1 aliphatic rings. The van der Waals surface area contributed by atoms with E-state index in [4.69, 9.17) is 16.3 Å². The van der Waals surface area contributed by atoms with Gasteiger partial charge in [-0.15, -0.1) is 0 Å². The first-order chi connectivity index (χ1) is 12.1. The van der Waals surface area contributed by atoms with E-state index in [0.717, 1.165) is 44.7 Å². The molecular formula is C21H21ClN2O. The van der Waals surface area contributed by atoms with E-state index in [1.807, 2.05) is 38.2 Å². The quantitative estimate of drug-likeness (QED) is 0.659. The molecule has 25 heavy (non-hydrogen) atoms. The van der Waals surface area contributed by atoms with E-state index in [0.29, 0.717) is 5.92 Å². The van der Waals surface area contributed by atoms with Crippen LogP contribution in [0.5, 0.6) is 0 Å². The van der Waals surface area contributed by atoms with Gasteiger partial charge >= 0.3 is 0 Å². The maximum absolute atomic E-state index is 6.45. The van der Waals surface area contributed by atoms with Crippen molar-refractivity contribution >= 4 is 39.0 Å². The normalized spacial score (nSPS) is 20.4. The van der Waals surface area contributed by atoms with Crippen molar-refractivity contribution in [3.05, 3.63) is 58.9 Å². The van der Waals surface area contributed by atoms with Gasteiger partial charge in [0.1, 0.15) is 0 Å². The number of ether oxygens (including phenoxy) is 1. The Morgan fingerprint density at radius 1 is 1.24 bits per heavy atom. The van der Waals surface area contributed by atoms with E-state index < -0.39 is 0 Å². The zero-order valence-electron chi connectivity index (χ0n) is 14.6. The minimum atomic E-state index is 0.137. The van der Waals surface area contributed by atoms with Crippen molar-refractivity contribution in [3.8, 4) is 0 Å². The maximum Gasteiger partial charge on any atom is 0.0819 e. The van der Waals surface area contributed by atoms with Gasteiger partial charge in [0.25, 0.3) is 0 Å². The lowest BCUT2D eigenvalue weighted by molar-refractivity contribution is 0.0720. The Labute approximate surface area is 152 Å². The molecule has 3 nitrogen and oxygen atoms in total. The third-order valence-corrected chi connectivity index (χ3v) is 5.10. The number of fused-ring (bicyclic) bond motifs is 3. The minimum Gasteiger partial charge on any atom is -0.374 e. The minimum absolute atomic E-state index is 0.137. The van der Waals surface area contributed by atoms with Gasteiger partial charge in [-0.3, -0.25) is 4.98 Å². The van der Waals surface area contributed by atoms with E-state index in [2.05, 4.69) is 35.1 Å². The largest absolute Gasteiger partial charge is 0.374 e. The number of rotatable bonds is 3. The Balaban J connectivity index is 1.91. The van der Waals surface area contributed by atoms with Crippen molar-refractivity contribution in [2.45, 2.75) is 26.9 Å². The highest BCUT2D eigenvalue weighted by molar-refractivity contribution is 6.32. The Hall–Kier alpha value is -2.10. The van der Waals surface area contributed by atoms with Crippen molar-refractivity contribution < 1.29 is 4.74 Å². The monoisotopic (exact) mass is 352 g/mol. The van der Waals surface area contributed by atoms with Crippen molar-refractivity contribution in [1.82, 2.24) is 9.97 Å². The number of allylic oxidation sites excluding steroid dienone is 2. The van der Waals surface area contributed by atoms with Gasteiger partial charge in [-0.25, -0.2) is 0 Å². The van der Waals surface area contributed by atoms with Crippen molar-refractivity contribution in [1.29, 1.82) is 0 Å². The second-order valence-electron chi connectivity index (χ2n) is 6.58. The summed E-state index contributed by atoms with van der Waals surface area (Å²) < 4.78 is 5.78. The summed E-state index contributed by atoms with van der Waals surface area (Å²) in [7, 11) is 0. The highest BCUT2D eigenvalue weighted by Crippen LogP contribution is 2.36. The molecule has 0 saturated carbocycles. The van der Waals surface area contributed by atoms with E-state index in [1.165, 1.54) is 5.57 Å². The summed E-state index contributed by atoms with van der Waals surface area (Å²) in [6, 6.07) is 6.10. The summed E-state index contributed by atoms with van der Waals surface area (Å²) in [5.41, 5.74) is 5.47. The van der Waals surface area contributed by atoms with Crippen LogP contribution >= 0.6 is 11.6 Å². The molecule has 0 aliphatic heterocycles. The second kappa shape index (κ2) is 6.32. The molecular weight excluding hydrogens is 332 g/mol. The average molecular weight is 353 g/mol. The molecule has 3 aromatic rings. The van der Waals surface area contributed by atoms with E-state index >= 15 is 0 Å². The molecule has 1 aromatic carbocycles. The lowest BCUT2D eigenvalue weighted by Gasteiger charge is -2.23. The first-order valence-corrected chi connectivity index (χ1v) is 9.04. The molecule has 0 spiro atoms. The number of benzene rings is 1. The number of halogens is 1. The smallest absolute Gasteiger partial charge is 0.0819 e. The number of aromatic nitrogens is 2. The van der Waals surface area contributed by atoms with Crippen molar-refractivity contribution in [2.75, 3.05) is 6.61 Å². The number of nitrogens with zero attached hydrogens (tertiary/aromatic N) is 1. The Morgan fingerprint density at radius 2 is 2.08 bits per heavy atom. The van der Waals surface area contributed by atoms with Gasteiger partial charge in [-0.2, -0.15) is 0 Å². The average Bonchev–Trinajstić information content (AvgIpc) is 2.96. The van der Waals surface area contributed by atoms with Crippen LogP contribution in [0.25, 0.3) is 27.4 Å². The maximum atomic E-state index is 6.45. The first kappa shape index (κ1) is 16.4. The third kappa shape index (κ3) is 2.78. The molecule has 2 atom stereocenters. The van der Waals surface area contributed by atoms with Crippen LogP contribution in [-0.4, -0.2) is 22.7 Å². The second-order valence-corrected chi connectivity index (χ2v) is 7.02. The van der Waals surface area contributed by atoms with E-state index in [1.54, 1.807) is 0 Å². The summed E-state index contributed by atoms with van der Waals surface area (Å²) >= 11 is 6.45. The predicted molar refractivity (Wildman–Crippen MR) is 105 cm³/mol. The number of nitrogens with one attached hydrogen (secondary N) is 1. The van der Waals surface area contributed by atoms with Crippen molar-refractivity contribution in [2.24, 2.45) is 5.92 Å². The molecule has 2 heterocycles. The Bertz CT molecular complexity index is 1020. The molecule has 1 aliphatic carbocycles. The van der Waals surface area contributed by atoms with Crippen LogP contribution in [0.2, 0.25) is 5.02 Å². The van der Waals surface area contributed by atoms with Gasteiger partial charge < -0.3 is 9.72 Å². The summed E-state index contributed by atoms with van der Waals surface area (Å²) in [4.78, 5) is 7.96. The van der Waals surface area contributed by atoms with Gasteiger partial charge in [-0.05, 0) is 37.6 Å². The summed E-state index contributed by atoms with van der Waals surface area (Å²) in [6.07, 6.45) is 8.54. The molecule has 4 heteroatoms. The molecule has 0 amide bonds. The van der Waals surface area contributed by atoms with E-state index in [9.17, 15) is 0 Å². The fraction of sp³-hybridized carbons (Fsp3) is 0.286. The summed E-state index contributed by atoms with van der Waals surface area (Å²) in [5, 5.41) is 3.04. The molecule has 128 valence electrons. The summed E-state index contributed by atoms with van der Waals surface area (Å²) in [5.74, 6) is 0.321. The topological polar surface area (TPSA) is 37.9 Å². The highest BCUT2D eigenvalue weighted by atomic mass is 35.5. The van der Waals surface area contributed by atoms with Crippen LogP contribution in [0.1, 0.15) is 25.1 Å². The lowest BCUT2D eigenvalue weighted by Crippen LogP contribution is -2.20. The molecule has 0 bridgehead atoms. The molecule has 4 rings (SSSR count). The molecule has 0 saturated heterocycles. The molecule has 2 aromatic heterocycles. The van der Waals surface area contributed by atoms with Crippen LogP contribution < -0.4 is 0 Å². The van der Waals surface area contributed by atoms with Crippen LogP contribution in [0.3, 0.4) is 0 Å². The molecule has 2 unspecified atom stereocenters. The molecule has 0 fully saturated rings. The Kier molecular flexibility index (Phi) is 4.14. The predicted octanol–water partition coefficient (Wildman–Crippen LogP) is 5.67. The summed E-state index contributed by atoms with van der Waals surface area (Å²) in [6.45, 7) is 6.96. The van der Waals surface area contributed by atoms with Gasteiger partial charge in [0, 0.05) is 40.1 Å². The standard InChI is InChI=1S/C21H21ClN2O/c1-4-25-19-6-5-14(9-12(19)2)17-10-15(22)11-18-16-7-8-23-13(3)20(16)24-21(17)18/h5-12,19,24H,4H2,1-3H3. The van der Waals surface area contributed by atoms with Crippen LogP contribution in [-0.2, 0) is 4.74 Å². The van der Waals surface area contributed by atoms with Gasteiger partial charge in [0.15, 0.2) is 0 Å². The van der Waals surface area contributed by atoms with Crippen LogP contribution in [0.4, 0.5) is 0 Å². The zero-order valence-corrected chi connectivity index (χ0v) is 15.4. The van der Waals surface area contributed by atoms with Gasteiger partial charge in [-0.1, -0.05) is 36.8 Å². The van der Waals surface area contributed by atoms with Crippen LogP contribution in [0, 0.1) is 12.8 Å². The number of aryl methyl sites for hydroxylation is 1. The number of hydrogen-bond acceptors (Lipinski definition) is 2. The Morgan fingerprint density at radius 3 is 2.84 bits per heavy atom. The SMILES string of the molecule is CCOC1C=CC(c2cc(Cl)cc3c2[nH]c2c(C)nccc23)=CC1C. The van der Waals surface area contributed by atoms with Crippen molar-refractivity contribution in [3.63, 3.8) is 0 Å². The highest BCUT2D eigenvalue weighted by Gasteiger charge is 2.20. The van der Waals surface area contributed by atoms with Gasteiger partial charge in [0.05, 0.1) is 22.8 Å².